The number of carbonyl (C=O) groups is 1. The van der Waals surface area contributed by atoms with Gasteiger partial charge in [0.15, 0.2) is 0 Å². The number of amides is 1. The number of benzene rings is 2. The molecule has 2 aromatic carbocycles. The summed E-state index contributed by atoms with van der Waals surface area (Å²) in [5.41, 5.74) is -0.567. The van der Waals surface area contributed by atoms with Crippen molar-refractivity contribution in [3.63, 3.8) is 0 Å². The van der Waals surface area contributed by atoms with Gasteiger partial charge in [-0.2, -0.15) is 13.2 Å². The van der Waals surface area contributed by atoms with Gasteiger partial charge in [0.1, 0.15) is 0 Å². The average molecular weight is 368 g/mol. The number of halogens is 4. The van der Waals surface area contributed by atoms with Gasteiger partial charge in [0.05, 0.1) is 5.56 Å². The van der Waals surface area contributed by atoms with Gasteiger partial charge >= 0.3 is 12.2 Å². The zero-order valence-electron chi connectivity index (χ0n) is 12.3. The first kappa shape index (κ1) is 17.0. The molecule has 0 bridgehead atoms. The third-order valence-electron chi connectivity index (χ3n) is 3.17. The minimum atomic E-state index is -4.54. The molecule has 0 aliphatic rings. The second-order valence-electron chi connectivity index (χ2n) is 4.96. The van der Waals surface area contributed by atoms with Gasteiger partial charge in [-0.15, -0.1) is 5.10 Å². The number of aromatic nitrogens is 2. The zero-order chi connectivity index (χ0) is 18.0. The first-order chi connectivity index (χ1) is 11.8. The molecule has 0 saturated carbocycles. The summed E-state index contributed by atoms with van der Waals surface area (Å²) in [6.07, 6.45) is -4.54. The second kappa shape index (κ2) is 6.56. The number of hydrogen-bond donors (Lipinski definition) is 1. The van der Waals surface area contributed by atoms with Crippen molar-refractivity contribution >= 4 is 23.5 Å². The van der Waals surface area contributed by atoms with Crippen LogP contribution in [0.3, 0.4) is 0 Å². The van der Waals surface area contributed by atoms with Crippen LogP contribution in [-0.2, 0) is 6.18 Å². The van der Waals surface area contributed by atoms with Crippen LogP contribution in [0, 0.1) is 0 Å². The minimum absolute atomic E-state index is 0.113. The fourth-order valence-corrected chi connectivity index (χ4v) is 2.21. The number of nitrogens with one attached hydrogen (secondary N) is 1. The highest BCUT2D eigenvalue weighted by molar-refractivity contribution is 6.30. The summed E-state index contributed by atoms with van der Waals surface area (Å²) in [7, 11) is 0. The average Bonchev–Trinajstić information content (AvgIpc) is 3.03. The number of alkyl halides is 3. The van der Waals surface area contributed by atoms with Gasteiger partial charge in [-0.05, 0) is 36.4 Å². The van der Waals surface area contributed by atoms with Crippen molar-refractivity contribution in [2.24, 2.45) is 0 Å². The van der Waals surface area contributed by atoms with Crippen LogP contribution in [0.5, 0.6) is 0 Å². The molecule has 25 heavy (non-hydrogen) atoms. The third-order valence-corrected chi connectivity index (χ3v) is 3.40. The molecule has 9 heteroatoms. The smallest absolute Gasteiger partial charge is 0.403 e. The lowest BCUT2D eigenvalue weighted by Crippen LogP contribution is -2.14. The van der Waals surface area contributed by atoms with Crippen molar-refractivity contribution in [1.29, 1.82) is 0 Å². The molecule has 1 aromatic heterocycles. The maximum absolute atomic E-state index is 12.7. The maximum atomic E-state index is 12.7. The van der Waals surface area contributed by atoms with Crippen molar-refractivity contribution in [1.82, 2.24) is 10.2 Å². The van der Waals surface area contributed by atoms with Crippen molar-refractivity contribution in [3.8, 4) is 11.5 Å². The Morgan fingerprint density at radius 1 is 1.08 bits per heavy atom. The Morgan fingerprint density at radius 3 is 2.56 bits per heavy atom. The lowest BCUT2D eigenvalue weighted by atomic mass is 10.1. The van der Waals surface area contributed by atoms with Gasteiger partial charge < -0.3 is 4.42 Å². The molecule has 0 atom stereocenters. The van der Waals surface area contributed by atoms with Crippen LogP contribution in [0.2, 0.25) is 5.02 Å². The van der Waals surface area contributed by atoms with E-state index in [0.717, 1.165) is 18.2 Å². The normalized spacial score (nSPS) is 11.4. The molecule has 1 amide bonds. The number of rotatable bonds is 3. The summed E-state index contributed by atoms with van der Waals surface area (Å²) < 4.78 is 43.4. The Hall–Kier alpha value is -2.87. The number of anilines is 1. The van der Waals surface area contributed by atoms with E-state index in [9.17, 15) is 18.0 Å². The molecule has 0 spiro atoms. The Bertz CT molecular complexity index is 925. The third kappa shape index (κ3) is 3.97. The molecule has 0 aliphatic carbocycles. The predicted octanol–water partition coefficient (Wildman–Crippen LogP) is 4.66. The van der Waals surface area contributed by atoms with E-state index >= 15 is 0 Å². The molecule has 1 heterocycles. The molecule has 0 saturated heterocycles. The van der Waals surface area contributed by atoms with Gasteiger partial charge in [0, 0.05) is 16.1 Å². The number of nitrogens with zero attached hydrogens (tertiary/aromatic N) is 2. The van der Waals surface area contributed by atoms with E-state index in [4.69, 9.17) is 16.0 Å². The van der Waals surface area contributed by atoms with Crippen molar-refractivity contribution in [2.45, 2.75) is 6.18 Å². The lowest BCUT2D eigenvalue weighted by molar-refractivity contribution is -0.137. The van der Waals surface area contributed by atoms with E-state index in [2.05, 4.69) is 15.5 Å². The zero-order valence-corrected chi connectivity index (χ0v) is 13.1. The van der Waals surface area contributed by atoms with Crippen molar-refractivity contribution < 1.29 is 22.4 Å². The van der Waals surface area contributed by atoms with Crippen LogP contribution < -0.4 is 5.32 Å². The molecule has 0 radical (unpaired) electrons. The maximum Gasteiger partial charge on any atom is 0.416 e. The van der Waals surface area contributed by atoms with Crippen molar-refractivity contribution in [2.75, 3.05) is 5.32 Å². The lowest BCUT2D eigenvalue weighted by Gasteiger charge is -2.07. The summed E-state index contributed by atoms with van der Waals surface area (Å²) in [6, 6.07) is 10.4. The molecule has 0 unspecified atom stereocenters. The Labute approximate surface area is 144 Å². The first-order valence-electron chi connectivity index (χ1n) is 6.91. The Balaban J connectivity index is 1.78. The molecule has 128 valence electrons. The molecular weight excluding hydrogens is 359 g/mol. The SMILES string of the molecule is O=C(Nc1nnc(-c2cccc(Cl)c2)o1)c1cccc(C(F)(F)F)c1. The van der Waals surface area contributed by atoms with Crippen LogP contribution in [0.25, 0.3) is 11.5 Å². The molecule has 5 nitrogen and oxygen atoms in total. The predicted molar refractivity (Wildman–Crippen MR) is 84.1 cm³/mol. The largest absolute Gasteiger partial charge is 0.416 e. The van der Waals surface area contributed by atoms with E-state index in [1.807, 2.05) is 0 Å². The van der Waals surface area contributed by atoms with Crippen LogP contribution in [0.1, 0.15) is 15.9 Å². The summed E-state index contributed by atoms with van der Waals surface area (Å²) >= 11 is 5.87. The van der Waals surface area contributed by atoms with E-state index in [1.54, 1.807) is 24.3 Å². The standard InChI is InChI=1S/C16H9ClF3N3O2/c17-12-6-2-4-10(8-12)14-22-23-15(25-14)21-13(24)9-3-1-5-11(7-9)16(18,19)20/h1-8H,(H,21,23,24). The van der Waals surface area contributed by atoms with E-state index in [-0.39, 0.29) is 17.5 Å². The molecule has 1 N–H and O–H groups in total. The highest BCUT2D eigenvalue weighted by Crippen LogP contribution is 2.29. The fourth-order valence-electron chi connectivity index (χ4n) is 2.02. The van der Waals surface area contributed by atoms with E-state index in [1.165, 1.54) is 6.07 Å². The Morgan fingerprint density at radius 2 is 1.84 bits per heavy atom. The van der Waals surface area contributed by atoms with E-state index in [0.29, 0.717) is 10.6 Å². The highest BCUT2D eigenvalue weighted by atomic mass is 35.5. The molecule has 0 fully saturated rings. The summed E-state index contributed by atoms with van der Waals surface area (Å²) in [4.78, 5) is 12.1. The van der Waals surface area contributed by atoms with E-state index < -0.39 is 17.6 Å². The number of hydrogen-bond acceptors (Lipinski definition) is 4. The van der Waals surface area contributed by atoms with Crippen LogP contribution in [0.4, 0.5) is 19.2 Å². The quantitative estimate of drug-likeness (QED) is 0.731. The summed E-state index contributed by atoms with van der Waals surface area (Å²) in [6.45, 7) is 0. The van der Waals surface area contributed by atoms with Crippen LogP contribution in [-0.4, -0.2) is 16.1 Å². The van der Waals surface area contributed by atoms with Gasteiger partial charge in [-0.3, -0.25) is 10.1 Å². The summed E-state index contributed by atoms with van der Waals surface area (Å²) in [5, 5.41) is 10.1. The summed E-state index contributed by atoms with van der Waals surface area (Å²) in [5.74, 6) is -0.686. The highest BCUT2D eigenvalue weighted by Gasteiger charge is 2.31. The molecule has 3 aromatic rings. The minimum Gasteiger partial charge on any atom is -0.403 e. The number of carbonyl (C=O) groups excluding carboxylic acids is 1. The van der Waals surface area contributed by atoms with Crippen LogP contribution in [0.15, 0.2) is 52.9 Å². The fraction of sp³-hybridized carbons (Fsp3) is 0.0625. The van der Waals surface area contributed by atoms with Gasteiger partial charge in [-0.25, -0.2) is 0 Å². The molecular formula is C16H9ClF3N3O2. The Kier molecular flexibility index (Phi) is 4.45. The first-order valence-corrected chi connectivity index (χ1v) is 7.29. The van der Waals surface area contributed by atoms with Crippen LogP contribution >= 0.6 is 11.6 Å². The molecule has 0 aliphatic heterocycles. The van der Waals surface area contributed by atoms with Crippen molar-refractivity contribution in [3.05, 3.63) is 64.7 Å². The van der Waals surface area contributed by atoms with Gasteiger partial charge in [-0.1, -0.05) is 28.8 Å². The topological polar surface area (TPSA) is 68.0 Å². The van der Waals surface area contributed by atoms with Gasteiger partial charge in [0.2, 0.25) is 5.89 Å². The molecule has 3 rings (SSSR count). The second-order valence-corrected chi connectivity index (χ2v) is 5.39. The monoisotopic (exact) mass is 367 g/mol. The van der Waals surface area contributed by atoms with Gasteiger partial charge in [0.25, 0.3) is 5.91 Å².